The van der Waals surface area contributed by atoms with Crippen LogP contribution in [0.5, 0.6) is 0 Å². The molecule has 2 saturated heterocycles. The first-order valence-corrected chi connectivity index (χ1v) is 12.9. The summed E-state index contributed by atoms with van der Waals surface area (Å²) >= 11 is 0. The van der Waals surface area contributed by atoms with Crippen LogP contribution in [-0.4, -0.2) is 52.1 Å². The van der Waals surface area contributed by atoms with Crippen molar-refractivity contribution in [2.75, 3.05) is 26.2 Å². The molecule has 0 spiro atoms. The molecule has 6 nitrogen and oxygen atoms in total. The molecule has 1 radical (unpaired) electrons. The molecule has 193 valence electrons. The summed E-state index contributed by atoms with van der Waals surface area (Å²) in [6, 6.07) is 23.6. The van der Waals surface area contributed by atoms with Gasteiger partial charge in [0.2, 0.25) is 0 Å². The van der Waals surface area contributed by atoms with Gasteiger partial charge < -0.3 is 5.11 Å². The molecule has 2 aliphatic rings. The minimum atomic E-state index is -1.08. The number of likely N-dealkylation sites (tertiary alicyclic amines) is 2. The lowest BCUT2D eigenvalue weighted by Gasteiger charge is -2.40. The fourth-order valence-corrected chi connectivity index (χ4v) is 5.89. The molecule has 7 heteroatoms. The highest BCUT2D eigenvalue weighted by atomic mass is 19.1. The smallest absolute Gasteiger partial charge is 0.269 e. The number of benzene rings is 3. The van der Waals surface area contributed by atoms with Gasteiger partial charge in [0.1, 0.15) is 11.4 Å². The Balaban J connectivity index is 1.35. The molecular weight excluding hydrogens is 469 g/mol. The lowest BCUT2D eigenvalue weighted by Crippen LogP contribution is -2.48. The van der Waals surface area contributed by atoms with Gasteiger partial charge in [-0.15, -0.1) is 0 Å². The van der Waals surface area contributed by atoms with Gasteiger partial charge in [0.05, 0.1) is 4.92 Å². The number of hydrogen-bond acceptors (Lipinski definition) is 5. The monoisotopic (exact) mass is 502 g/mol. The second-order valence-electron chi connectivity index (χ2n) is 10.4. The molecule has 2 fully saturated rings. The van der Waals surface area contributed by atoms with E-state index in [1.54, 1.807) is 24.3 Å². The first kappa shape index (κ1) is 25.5. The molecule has 0 aromatic heterocycles. The second kappa shape index (κ2) is 11.1. The van der Waals surface area contributed by atoms with E-state index in [1.165, 1.54) is 17.7 Å². The lowest BCUT2D eigenvalue weighted by molar-refractivity contribution is -0.384. The number of nitro groups is 1. The van der Waals surface area contributed by atoms with Crippen LogP contribution in [0, 0.1) is 28.3 Å². The van der Waals surface area contributed by atoms with Crippen molar-refractivity contribution in [1.82, 2.24) is 9.80 Å². The van der Waals surface area contributed by atoms with E-state index in [-0.39, 0.29) is 28.4 Å². The predicted octanol–water partition coefficient (Wildman–Crippen LogP) is 4.96. The van der Waals surface area contributed by atoms with Gasteiger partial charge in [0.25, 0.3) is 5.69 Å². The van der Waals surface area contributed by atoms with E-state index in [9.17, 15) is 19.6 Å². The number of non-ortho nitro benzene ring substituents is 1. The van der Waals surface area contributed by atoms with Gasteiger partial charge >= 0.3 is 0 Å². The van der Waals surface area contributed by atoms with Gasteiger partial charge in [0.15, 0.2) is 0 Å². The summed E-state index contributed by atoms with van der Waals surface area (Å²) in [6.07, 6.45) is 5.04. The molecule has 37 heavy (non-hydrogen) atoms. The maximum absolute atomic E-state index is 13.7. The Morgan fingerprint density at radius 2 is 1.73 bits per heavy atom. The highest BCUT2D eigenvalue weighted by molar-refractivity contribution is 5.33. The first-order chi connectivity index (χ1) is 17.9. The number of aliphatic hydroxyl groups is 1. The summed E-state index contributed by atoms with van der Waals surface area (Å²) in [5.74, 6) is -0.350. The third-order valence-electron chi connectivity index (χ3n) is 7.86. The number of halogens is 1. The molecule has 0 aliphatic carbocycles. The zero-order valence-corrected chi connectivity index (χ0v) is 20.9. The number of piperidine rings is 1. The highest BCUT2D eigenvalue weighted by Gasteiger charge is 2.47. The molecule has 5 rings (SSSR count). The molecule has 2 heterocycles. The third kappa shape index (κ3) is 5.90. The van der Waals surface area contributed by atoms with E-state index >= 15 is 0 Å². The van der Waals surface area contributed by atoms with Gasteiger partial charge in [-0.25, -0.2) is 4.39 Å². The summed E-state index contributed by atoms with van der Waals surface area (Å²) in [5.41, 5.74) is 2.05. The summed E-state index contributed by atoms with van der Waals surface area (Å²) < 4.78 is 13.7. The number of hydrogen-bond donors (Lipinski definition) is 1. The van der Waals surface area contributed by atoms with Gasteiger partial charge in [-0.1, -0.05) is 54.6 Å². The van der Waals surface area contributed by atoms with Crippen LogP contribution in [0.3, 0.4) is 0 Å². The zero-order valence-electron chi connectivity index (χ0n) is 20.9. The molecule has 2 aliphatic heterocycles. The van der Waals surface area contributed by atoms with E-state index in [4.69, 9.17) is 0 Å². The minimum absolute atomic E-state index is 0.0425. The molecule has 0 amide bonds. The molecule has 3 atom stereocenters. The summed E-state index contributed by atoms with van der Waals surface area (Å²) in [6.45, 7) is 3.62. The van der Waals surface area contributed by atoms with E-state index in [1.807, 2.05) is 30.3 Å². The number of rotatable bonds is 8. The zero-order chi connectivity index (χ0) is 25.8. The molecule has 3 aromatic rings. The van der Waals surface area contributed by atoms with Crippen LogP contribution in [-0.2, 0) is 18.6 Å². The Labute approximate surface area is 217 Å². The van der Waals surface area contributed by atoms with Crippen LogP contribution in [0.25, 0.3) is 0 Å². The molecular formula is C30H33FN3O3. The highest BCUT2D eigenvalue weighted by Crippen LogP contribution is 2.39. The fourth-order valence-electron chi connectivity index (χ4n) is 5.89. The van der Waals surface area contributed by atoms with Gasteiger partial charge in [0, 0.05) is 50.3 Å². The second-order valence-corrected chi connectivity index (χ2v) is 10.4. The van der Waals surface area contributed by atoms with Gasteiger partial charge in [-0.2, -0.15) is 0 Å². The Bertz CT molecular complexity index is 1190. The largest absolute Gasteiger partial charge is 0.383 e. The van der Waals surface area contributed by atoms with Crippen molar-refractivity contribution in [3.05, 3.63) is 118 Å². The topological polar surface area (TPSA) is 69.9 Å². The van der Waals surface area contributed by atoms with Crippen molar-refractivity contribution in [3.8, 4) is 0 Å². The maximum Gasteiger partial charge on any atom is 0.269 e. The van der Waals surface area contributed by atoms with Crippen molar-refractivity contribution in [1.29, 1.82) is 0 Å². The molecule has 3 aromatic carbocycles. The average molecular weight is 503 g/mol. The van der Waals surface area contributed by atoms with Gasteiger partial charge in [-0.05, 0) is 61.1 Å². The molecule has 3 unspecified atom stereocenters. The standard InChI is InChI=1S/C30H33FN3O3/c31-27-13-11-25(12-14-27)30(35)22-32(19-24-6-2-1-3-7-24)20-26(30)21-33-17-5-4-8-29(33)18-23-9-15-28(16-10-23)34(36)37/h1-4,6-7,9-16,26,29,35H,5,8,17-22H2. The van der Waals surface area contributed by atoms with E-state index < -0.39 is 5.60 Å². The van der Waals surface area contributed by atoms with Crippen molar-refractivity contribution in [2.45, 2.75) is 37.5 Å². The van der Waals surface area contributed by atoms with Crippen molar-refractivity contribution in [2.24, 2.45) is 5.92 Å². The molecule has 0 bridgehead atoms. The van der Waals surface area contributed by atoms with E-state index in [2.05, 4.69) is 28.4 Å². The van der Waals surface area contributed by atoms with Crippen molar-refractivity contribution < 1.29 is 14.4 Å². The number of β-amino-alcohol motifs (C(OH)–C–C–N with tert-alkyl or cyclic N) is 1. The Morgan fingerprint density at radius 1 is 1.00 bits per heavy atom. The number of nitrogens with zero attached hydrogens (tertiary/aromatic N) is 3. The Morgan fingerprint density at radius 3 is 2.43 bits per heavy atom. The normalized spacial score (nSPS) is 24.8. The fraction of sp³-hybridized carbons (Fsp3) is 0.367. The SMILES string of the molecule is O=[N+]([O-])c1ccc(CC2C[CH]CCN2CC2CN(Cc3ccccc3)CC2(O)c2ccc(F)cc2)cc1. The predicted molar refractivity (Wildman–Crippen MR) is 141 cm³/mol. The summed E-state index contributed by atoms with van der Waals surface area (Å²) in [7, 11) is 0. The van der Waals surface area contributed by atoms with Crippen LogP contribution >= 0.6 is 0 Å². The Kier molecular flexibility index (Phi) is 7.65. The summed E-state index contributed by atoms with van der Waals surface area (Å²) in [5, 5.41) is 23.1. The van der Waals surface area contributed by atoms with Crippen LogP contribution in [0.4, 0.5) is 10.1 Å². The lowest BCUT2D eigenvalue weighted by atomic mass is 9.82. The van der Waals surface area contributed by atoms with Crippen molar-refractivity contribution >= 4 is 5.69 Å². The van der Waals surface area contributed by atoms with Crippen LogP contribution in [0.1, 0.15) is 29.5 Å². The molecule has 0 saturated carbocycles. The number of nitro benzene ring substituents is 1. The summed E-state index contributed by atoms with van der Waals surface area (Å²) in [4.78, 5) is 15.4. The minimum Gasteiger partial charge on any atom is -0.383 e. The van der Waals surface area contributed by atoms with Crippen LogP contribution < -0.4 is 0 Å². The van der Waals surface area contributed by atoms with E-state index in [0.717, 1.165) is 56.6 Å². The third-order valence-corrected chi connectivity index (χ3v) is 7.86. The van der Waals surface area contributed by atoms with Crippen LogP contribution in [0.15, 0.2) is 78.9 Å². The maximum atomic E-state index is 13.7. The average Bonchev–Trinajstić information content (AvgIpc) is 3.21. The van der Waals surface area contributed by atoms with E-state index in [0.29, 0.717) is 6.54 Å². The van der Waals surface area contributed by atoms with Gasteiger partial charge in [-0.3, -0.25) is 19.9 Å². The first-order valence-electron chi connectivity index (χ1n) is 12.9. The molecule has 1 N–H and O–H groups in total. The quantitative estimate of drug-likeness (QED) is 0.348. The van der Waals surface area contributed by atoms with Crippen molar-refractivity contribution in [3.63, 3.8) is 0 Å². The van der Waals surface area contributed by atoms with Crippen LogP contribution in [0.2, 0.25) is 0 Å². The Hall–Kier alpha value is -3.13.